The molecule has 0 bridgehead atoms. The molecule has 32 heavy (non-hydrogen) atoms. The Bertz CT molecular complexity index is 921. The molecule has 0 aromatic heterocycles. The van der Waals surface area contributed by atoms with Crippen LogP contribution < -0.4 is 0 Å². The number of carbonyl (C=O) groups is 3. The summed E-state index contributed by atoms with van der Waals surface area (Å²) in [5.74, 6) is -5.46. The third kappa shape index (κ3) is 5.56. The van der Waals surface area contributed by atoms with E-state index in [9.17, 15) is 27.6 Å². The van der Waals surface area contributed by atoms with Crippen molar-refractivity contribution in [2.45, 2.75) is 50.9 Å². The standard InChI is InChI=1S/C21H24F3N3O5/c1-12(31-2)20(21(30)32-3)26(7-6-25)18(29)10-15-4-5-17(28)27(15)11-13-8-14(22)9-16(23)19(13)24/h8-9,12,15,20H,4-5,7,10-11H2,1-3H3/t12-,15+,20+/m1/s1. The van der Waals surface area contributed by atoms with E-state index in [0.29, 0.717) is 6.07 Å². The molecule has 1 saturated heterocycles. The van der Waals surface area contributed by atoms with Gasteiger partial charge in [0.1, 0.15) is 12.4 Å². The number of hydrogen-bond donors (Lipinski definition) is 0. The van der Waals surface area contributed by atoms with Crippen molar-refractivity contribution in [2.24, 2.45) is 0 Å². The number of likely N-dealkylation sites (tertiary alicyclic amines) is 1. The van der Waals surface area contributed by atoms with E-state index in [0.717, 1.165) is 18.1 Å². The third-order valence-corrected chi connectivity index (χ3v) is 5.43. The highest BCUT2D eigenvalue weighted by Crippen LogP contribution is 2.27. The average molecular weight is 455 g/mol. The summed E-state index contributed by atoms with van der Waals surface area (Å²) in [4.78, 5) is 39.8. The first-order valence-corrected chi connectivity index (χ1v) is 9.84. The van der Waals surface area contributed by atoms with Gasteiger partial charge < -0.3 is 19.3 Å². The quantitative estimate of drug-likeness (QED) is 0.320. The minimum Gasteiger partial charge on any atom is -0.467 e. The molecule has 0 aliphatic carbocycles. The van der Waals surface area contributed by atoms with Crippen molar-refractivity contribution in [3.8, 4) is 6.07 Å². The minimum atomic E-state index is -1.38. The van der Waals surface area contributed by atoms with Crippen molar-refractivity contribution in [1.82, 2.24) is 9.80 Å². The first-order valence-electron chi connectivity index (χ1n) is 9.84. The molecule has 0 radical (unpaired) electrons. The summed E-state index contributed by atoms with van der Waals surface area (Å²) in [5.41, 5.74) is -0.357. The number of methoxy groups -OCH3 is 2. The molecule has 1 heterocycles. The van der Waals surface area contributed by atoms with Crippen molar-refractivity contribution in [1.29, 1.82) is 5.26 Å². The fraction of sp³-hybridized carbons (Fsp3) is 0.524. The highest BCUT2D eigenvalue weighted by Gasteiger charge is 2.39. The Morgan fingerprint density at radius 1 is 1.31 bits per heavy atom. The molecule has 2 rings (SSSR count). The number of ether oxygens (including phenoxy) is 2. The minimum absolute atomic E-state index is 0.0600. The number of esters is 1. The normalized spacial score (nSPS) is 17.6. The Labute approximate surface area is 183 Å². The number of carbonyl (C=O) groups excluding carboxylic acids is 3. The zero-order chi connectivity index (χ0) is 24.0. The van der Waals surface area contributed by atoms with Crippen LogP contribution in [0.2, 0.25) is 0 Å². The monoisotopic (exact) mass is 455 g/mol. The van der Waals surface area contributed by atoms with Crippen molar-refractivity contribution in [2.75, 3.05) is 20.8 Å². The van der Waals surface area contributed by atoms with Gasteiger partial charge in [0.25, 0.3) is 0 Å². The molecule has 11 heteroatoms. The van der Waals surface area contributed by atoms with Gasteiger partial charge in [0.15, 0.2) is 17.7 Å². The van der Waals surface area contributed by atoms with Crippen molar-refractivity contribution < 1.29 is 37.0 Å². The van der Waals surface area contributed by atoms with Crippen LogP contribution in [0.1, 0.15) is 31.7 Å². The van der Waals surface area contributed by atoms with Crippen LogP contribution in [0.3, 0.4) is 0 Å². The lowest BCUT2D eigenvalue weighted by Crippen LogP contribution is -2.53. The van der Waals surface area contributed by atoms with Crippen LogP contribution in [0.5, 0.6) is 0 Å². The van der Waals surface area contributed by atoms with Crippen molar-refractivity contribution in [3.05, 3.63) is 35.1 Å². The van der Waals surface area contributed by atoms with Crippen LogP contribution in [-0.2, 0) is 30.4 Å². The molecule has 1 aliphatic heterocycles. The van der Waals surface area contributed by atoms with E-state index in [1.54, 1.807) is 0 Å². The summed E-state index contributed by atoms with van der Waals surface area (Å²) in [6.45, 7) is 0.674. The summed E-state index contributed by atoms with van der Waals surface area (Å²) >= 11 is 0. The molecule has 2 amide bonds. The second kappa shape index (κ2) is 10.9. The summed E-state index contributed by atoms with van der Waals surface area (Å²) in [7, 11) is 2.47. The molecule has 0 saturated carbocycles. The van der Waals surface area contributed by atoms with Gasteiger partial charge in [0.05, 0.1) is 19.3 Å². The van der Waals surface area contributed by atoms with Gasteiger partial charge in [0, 0.05) is 44.2 Å². The maximum absolute atomic E-state index is 14.1. The Balaban J connectivity index is 2.26. The molecule has 0 spiro atoms. The number of hydrogen-bond acceptors (Lipinski definition) is 6. The first-order chi connectivity index (χ1) is 15.1. The SMILES string of the molecule is COC(=O)[C@H]([C@@H](C)OC)N(CC#N)C(=O)C[C@@H]1CCC(=O)N1Cc1cc(F)cc(F)c1F. The van der Waals surface area contributed by atoms with E-state index in [1.165, 1.54) is 18.9 Å². The number of amides is 2. The molecule has 1 aromatic rings. The molecule has 0 N–H and O–H groups in total. The van der Waals surface area contributed by atoms with Gasteiger partial charge in [-0.25, -0.2) is 18.0 Å². The van der Waals surface area contributed by atoms with Gasteiger partial charge in [-0.15, -0.1) is 0 Å². The number of halogens is 3. The van der Waals surface area contributed by atoms with Crippen molar-refractivity contribution in [3.63, 3.8) is 0 Å². The largest absolute Gasteiger partial charge is 0.467 e. The highest BCUT2D eigenvalue weighted by molar-refractivity contribution is 5.86. The van der Waals surface area contributed by atoms with Crippen LogP contribution in [0.25, 0.3) is 0 Å². The van der Waals surface area contributed by atoms with Gasteiger partial charge >= 0.3 is 5.97 Å². The lowest BCUT2D eigenvalue weighted by molar-refractivity contribution is -0.158. The van der Waals surface area contributed by atoms with E-state index in [2.05, 4.69) is 0 Å². The average Bonchev–Trinajstić information content (AvgIpc) is 3.09. The van der Waals surface area contributed by atoms with E-state index in [-0.39, 0.29) is 24.8 Å². The van der Waals surface area contributed by atoms with Crippen LogP contribution in [0.15, 0.2) is 12.1 Å². The Morgan fingerprint density at radius 2 is 2.00 bits per heavy atom. The van der Waals surface area contributed by atoms with Crippen molar-refractivity contribution >= 4 is 17.8 Å². The third-order valence-electron chi connectivity index (χ3n) is 5.43. The number of benzene rings is 1. The maximum Gasteiger partial charge on any atom is 0.331 e. The Kier molecular flexibility index (Phi) is 8.60. The van der Waals surface area contributed by atoms with Crippen LogP contribution in [-0.4, -0.2) is 66.5 Å². The topological polar surface area (TPSA) is 99.9 Å². The molecule has 1 fully saturated rings. The molecule has 1 aromatic carbocycles. The summed E-state index contributed by atoms with van der Waals surface area (Å²) in [5, 5.41) is 9.16. The van der Waals surface area contributed by atoms with Gasteiger partial charge in [-0.2, -0.15) is 5.26 Å². The number of rotatable bonds is 9. The highest BCUT2D eigenvalue weighted by atomic mass is 19.2. The number of nitrogens with zero attached hydrogens (tertiary/aromatic N) is 3. The molecule has 8 nitrogen and oxygen atoms in total. The fourth-order valence-corrected chi connectivity index (χ4v) is 3.69. The van der Waals surface area contributed by atoms with Crippen LogP contribution >= 0.6 is 0 Å². The smallest absolute Gasteiger partial charge is 0.331 e. The molecule has 1 aliphatic rings. The van der Waals surface area contributed by atoms with Gasteiger partial charge in [-0.3, -0.25) is 9.59 Å². The van der Waals surface area contributed by atoms with E-state index >= 15 is 0 Å². The maximum atomic E-state index is 14.1. The molecule has 3 atom stereocenters. The van der Waals surface area contributed by atoms with E-state index < -0.39 is 66.5 Å². The molecular weight excluding hydrogens is 431 g/mol. The second-order valence-electron chi connectivity index (χ2n) is 7.37. The van der Waals surface area contributed by atoms with Crippen LogP contribution in [0, 0.1) is 28.8 Å². The fourth-order valence-electron chi connectivity index (χ4n) is 3.69. The Hall–Kier alpha value is -3.13. The first kappa shape index (κ1) is 25.1. The second-order valence-corrected chi connectivity index (χ2v) is 7.37. The zero-order valence-electron chi connectivity index (χ0n) is 17.9. The van der Waals surface area contributed by atoms with E-state index in [1.807, 2.05) is 6.07 Å². The molecular formula is C21H24F3N3O5. The summed E-state index contributed by atoms with van der Waals surface area (Å²) in [6.07, 6.45) is -0.764. The zero-order valence-corrected chi connectivity index (χ0v) is 17.9. The van der Waals surface area contributed by atoms with Gasteiger partial charge in [-0.1, -0.05) is 0 Å². The molecule has 0 unspecified atom stereocenters. The van der Waals surface area contributed by atoms with Crippen LogP contribution in [0.4, 0.5) is 13.2 Å². The lowest BCUT2D eigenvalue weighted by atomic mass is 10.1. The Morgan fingerprint density at radius 3 is 2.59 bits per heavy atom. The predicted octanol–water partition coefficient (Wildman–Crippen LogP) is 1.91. The summed E-state index contributed by atoms with van der Waals surface area (Å²) in [6, 6.07) is 1.10. The summed E-state index contributed by atoms with van der Waals surface area (Å²) < 4.78 is 51.1. The number of nitriles is 1. The van der Waals surface area contributed by atoms with Gasteiger partial charge in [0.2, 0.25) is 11.8 Å². The van der Waals surface area contributed by atoms with E-state index in [4.69, 9.17) is 14.7 Å². The molecule has 174 valence electrons. The van der Waals surface area contributed by atoms with Gasteiger partial charge in [-0.05, 0) is 19.4 Å². The predicted molar refractivity (Wildman–Crippen MR) is 104 cm³/mol. The lowest BCUT2D eigenvalue weighted by Gasteiger charge is -2.33.